The van der Waals surface area contributed by atoms with E-state index in [1.165, 1.54) is 0 Å². The van der Waals surface area contributed by atoms with Gasteiger partial charge in [-0.3, -0.25) is 4.79 Å². The van der Waals surface area contributed by atoms with E-state index in [4.69, 9.17) is 10.2 Å². The molecule has 142 valence electrons. The van der Waals surface area contributed by atoms with Crippen molar-refractivity contribution in [2.45, 2.75) is 33.4 Å². The molecule has 0 aliphatic heterocycles. The lowest BCUT2D eigenvalue weighted by Crippen LogP contribution is -2.32. The van der Waals surface area contributed by atoms with E-state index in [9.17, 15) is 4.79 Å². The first-order valence-corrected chi connectivity index (χ1v) is 8.48. The number of hydrogen-bond donors (Lipinski definition) is 3. The summed E-state index contributed by atoms with van der Waals surface area (Å²) in [6.07, 6.45) is 2.63. The van der Waals surface area contributed by atoms with Crippen molar-refractivity contribution in [2.75, 3.05) is 6.54 Å². The third-order valence-corrected chi connectivity index (χ3v) is 3.65. The molecule has 0 fully saturated rings. The number of hydrogen-bond acceptors (Lipinski definition) is 3. The van der Waals surface area contributed by atoms with Gasteiger partial charge in [0.1, 0.15) is 5.76 Å². The summed E-state index contributed by atoms with van der Waals surface area (Å²) in [5, 5.41) is 5.92. The molecular formula is C19H27IN4O2. The third kappa shape index (κ3) is 7.90. The van der Waals surface area contributed by atoms with Crippen LogP contribution in [0, 0.1) is 5.92 Å². The van der Waals surface area contributed by atoms with Gasteiger partial charge in [-0.2, -0.15) is 0 Å². The van der Waals surface area contributed by atoms with Crippen LogP contribution in [-0.4, -0.2) is 18.4 Å². The molecule has 0 bridgehead atoms. The fraction of sp³-hybridized carbons (Fsp3) is 0.368. The molecule has 0 aliphatic carbocycles. The first-order chi connectivity index (χ1) is 12.0. The van der Waals surface area contributed by atoms with Crippen LogP contribution in [-0.2, 0) is 13.1 Å². The summed E-state index contributed by atoms with van der Waals surface area (Å²) in [5.41, 5.74) is 7.38. The van der Waals surface area contributed by atoms with Crippen LogP contribution in [0.1, 0.15) is 41.9 Å². The summed E-state index contributed by atoms with van der Waals surface area (Å²) in [6, 6.07) is 11.0. The number of guanidine groups is 1. The normalized spacial score (nSPS) is 11.1. The van der Waals surface area contributed by atoms with Crippen LogP contribution in [0.25, 0.3) is 0 Å². The van der Waals surface area contributed by atoms with Gasteiger partial charge in [-0.05, 0) is 42.2 Å². The largest absolute Gasteiger partial charge is 0.467 e. The third-order valence-electron chi connectivity index (χ3n) is 3.65. The maximum Gasteiger partial charge on any atom is 0.251 e. The summed E-state index contributed by atoms with van der Waals surface area (Å²) in [4.78, 5) is 16.5. The van der Waals surface area contributed by atoms with Gasteiger partial charge in [0, 0.05) is 12.1 Å². The summed E-state index contributed by atoms with van der Waals surface area (Å²) in [5.74, 6) is 1.62. The van der Waals surface area contributed by atoms with Crippen molar-refractivity contribution in [3.05, 3.63) is 59.5 Å². The number of aliphatic imine (C=N–C) groups is 1. The number of nitrogens with two attached hydrogens (primary N) is 1. The first-order valence-electron chi connectivity index (χ1n) is 8.48. The molecule has 2 aromatic rings. The summed E-state index contributed by atoms with van der Waals surface area (Å²) in [7, 11) is 0. The van der Waals surface area contributed by atoms with E-state index in [2.05, 4.69) is 29.5 Å². The minimum absolute atomic E-state index is 0. The minimum atomic E-state index is -0.148. The van der Waals surface area contributed by atoms with Crippen LogP contribution >= 0.6 is 24.0 Å². The van der Waals surface area contributed by atoms with Crippen LogP contribution in [0.5, 0.6) is 0 Å². The van der Waals surface area contributed by atoms with Crippen molar-refractivity contribution in [3.8, 4) is 0 Å². The zero-order valence-corrected chi connectivity index (χ0v) is 17.5. The lowest BCUT2D eigenvalue weighted by molar-refractivity contribution is 0.0948. The fourth-order valence-corrected chi connectivity index (χ4v) is 2.21. The van der Waals surface area contributed by atoms with Crippen LogP contribution in [0.15, 0.2) is 52.1 Å². The summed E-state index contributed by atoms with van der Waals surface area (Å²) in [6.45, 7) is 5.93. The average molecular weight is 470 g/mol. The highest BCUT2D eigenvalue weighted by Gasteiger charge is 2.07. The molecule has 0 saturated heterocycles. The van der Waals surface area contributed by atoms with E-state index in [1.807, 2.05) is 24.3 Å². The fourth-order valence-electron chi connectivity index (χ4n) is 2.21. The Morgan fingerprint density at radius 1 is 1.23 bits per heavy atom. The molecule has 2 rings (SSSR count). The molecule has 4 N–H and O–H groups in total. The second kappa shape index (κ2) is 11.6. The Morgan fingerprint density at radius 3 is 2.73 bits per heavy atom. The number of rotatable bonds is 8. The molecular weight excluding hydrogens is 443 g/mol. The molecule has 1 aromatic heterocycles. The summed E-state index contributed by atoms with van der Waals surface area (Å²) < 4.78 is 5.20. The topological polar surface area (TPSA) is 92.6 Å². The van der Waals surface area contributed by atoms with Gasteiger partial charge in [-0.1, -0.05) is 26.0 Å². The van der Waals surface area contributed by atoms with Gasteiger partial charge in [0.05, 0.1) is 19.4 Å². The molecule has 0 radical (unpaired) electrons. The maximum absolute atomic E-state index is 12.2. The summed E-state index contributed by atoms with van der Waals surface area (Å²) >= 11 is 0. The Kier molecular flexibility index (Phi) is 9.79. The molecule has 1 heterocycles. The molecule has 7 heteroatoms. The van der Waals surface area contributed by atoms with Gasteiger partial charge in [0.2, 0.25) is 0 Å². The second-order valence-corrected chi connectivity index (χ2v) is 6.27. The van der Waals surface area contributed by atoms with Gasteiger partial charge in [-0.25, -0.2) is 4.99 Å². The van der Waals surface area contributed by atoms with E-state index < -0.39 is 0 Å². The molecule has 0 aliphatic rings. The number of halogens is 1. The molecule has 0 spiro atoms. The van der Waals surface area contributed by atoms with E-state index in [1.54, 1.807) is 18.4 Å². The van der Waals surface area contributed by atoms with Crippen LogP contribution in [0.4, 0.5) is 0 Å². The van der Waals surface area contributed by atoms with Crippen LogP contribution < -0.4 is 16.4 Å². The van der Waals surface area contributed by atoms with Crippen molar-refractivity contribution in [3.63, 3.8) is 0 Å². The van der Waals surface area contributed by atoms with Crippen molar-refractivity contribution in [1.29, 1.82) is 0 Å². The number of furan rings is 1. The second-order valence-electron chi connectivity index (χ2n) is 6.27. The van der Waals surface area contributed by atoms with Crippen LogP contribution in [0.3, 0.4) is 0 Å². The number of nitrogens with one attached hydrogen (secondary N) is 2. The average Bonchev–Trinajstić information content (AvgIpc) is 3.11. The predicted molar refractivity (Wildman–Crippen MR) is 115 cm³/mol. The number of nitrogens with zero attached hydrogens (tertiary/aromatic N) is 1. The Morgan fingerprint density at radius 2 is 2.04 bits per heavy atom. The standard InChI is InChI=1S/C19H26N4O2.HI/c1-14(2)8-9-21-19(20)23-12-15-5-3-6-16(11-15)18(24)22-13-17-7-4-10-25-17;/h3-7,10-11,14H,8-9,12-13H2,1-2H3,(H,22,24)(H3,20,21,23);1H. The Labute approximate surface area is 171 Å². The van der Waals surface area contributed by atoms with Gasteiger partial charge >= 0.3 is 0 Å². The van der Waals surface area contributed by atoms with Crippen LogP contribution in [0.2, 0.25) is 0 Å². The number of benzene rings is 1. The van der Waals surface area contributed by atoms with Gasteiger partial charge in [-0.15, -0.1) is 24.0 Å². The van der Waals surface area contributed by atoms with Crippen molar-refractivity contribution < 1.29 is 9.21 Å². The van der Waals surface area contributed by atoms with Crippen molar-refractivity contribution in [2.24, 2.45) is 16.6 Å². The smallest absolute Gasteiger partial charge is 0.251 e. The molecule has 1 aromatic carbocycles. The quantitative estimate of drug-likeness (QED) is 0.314. The molecule has 26 heavy (non-hydrogen) atoms. The van der Waals surface area contributed by atoms with Gasteiger partial charge in [0.25, 0.3) is 5.91 Å². The van der Waals surface area contributed by atoms with E-state index in [0.717, 1.165) is 18.5 Å². The van der Waals surface area contributed by atoms with E-state index in [-0.39, 0.29) is 29.9 Å². The van der Waals surface area contributed by atoms with E-state index >= 15 is 0 Å². The van der Waals surface area contributed by atoms with E-state index in [0.29, 0.717) is 36.3 Å². The first kappa shape index (κ1) is 22.0. The van der Waals surface area contributed by atoms with Gasteiger partial charge < -0.3 is 20.8 Å². The maximum atomic E-state index is 12.2. The molecule has 1 amide bonds. The monoisotopic (exact) mass is 470 g/mol. The molecule has 0 atom stereocenters. The highest BCUT2D eigenvalue weighted by Crippen LogP contribution is 2.07. The van der Waals surface area contributed by atoms with Crippen molar-refractivity contribution >= 4 is 35.8 Å². The number of amides is 1. The number of carbonyl (C=O) groups is 1. The highest BCUT2D eigenvalue weighted by atomic mass is 127. The Hall–Kier alpha value is -2.03. The zero-order valence-electron chi connectivity index (χ0n) is 15.2. The lowest BCUT2D eigenvalue weighted by Gasteiger charge is -2.08. The SMILES string of the molecule is CC(C)CCNC(N)=NCc1cccc(C(=O)NCc2ccco2)c1.I. The Bertz CT molecular complexity index is 699. The number of carbonyl (C=O) groups excluding carboxylic acids is 1. The predicted octanol–water partition coefficient (Wildman–Crippen LogP) is 3.28. The lowest BCUT2D eigenvalue weighted by atomic mass is 10.1. The zero-order chi connectivity index (χ0) is 18.1. The minimum Gasteiger partial charge on any atom is -0.467 e. The molecule has 6 nitrogen and oxygen atoms in total. The molecule has 0 saturated carbocycles. The van der Waals surface area contributed by atoms with Gasteiger partial charge in [0.15, 0.2) is 5.96 Å². The highest BCUT2D eigenvalue weighted by molar-refractivity contribution is 14.0. The Balaban J connectivity index is 0.00000338. The van der Waals surface area contributed by atoms with Crippen molar-refractivity contribution in [1.82, 2.24) is 10.6 Å². The molecule has 0 unspecified atom stereocenters.